The summed E-state index contributed by atoms with van der Waals surface area (Å²) in [7, 11) is 1.35. The molecule has 0 aromatic rings. The molecule has 0 saturated heterocycles. The molecule has 0 heterocycles. The van der Waals surface area contributed by atoms with Crippen LogP contribution in [0.5, 0.6) is 0 Å². The van der Waals surface area contributed by atoms with Crippen LogP contribution in [0.1, 0.15) is 26.7 Å². The van der Waals surface area contributed by atoms with Crippen molar-refractivity contribution >= 4 is 5.97 Å². The minimum absolute atomic E-state index is 0.132. The zero-order valence-electron chi connectivity index (χ0n) is 7.39. The summed E-state index contributed by atoms with van der Waals surface area (Å²) < 4.78 is 4.59. The number of methoxy groups -OCH3 is 1. The first-order valence-corrected chi connectivity index (χ1v) is 3.86. The molecule has 3 nitrogen and oxygen atoms in total. The Balaban J connectivity index is 4.39. The van der Waals surface area contributed by atoms with Gasteiger partial charge in [0.1, 0.15) is 0 Å². The molecule has 0 rings (SSSR count). The number of hydrogen-bond acceptors (Lipinski definition) is 3. The number of ether oxygens (including phenoxy) is 1. The van der Waals surface area contributed by atoms with Gasteiger partial charge in [0.05, 0.1) is 19.1 Å². The first kappa shape index (κ1) is 10.4. The van der Waals surface area contributed by atoms with E-state index in [-0.39, 0.29) is 12.6 Å². The summed E-state index contributed by atoms with van der Waals surface area (Å²) in [5.74, 6) is -0.315. The van der Waals surface area contributed by atoms with Crippen molar-refractivity contribution in [2.24, 2.45) is 5.41 Å². The highest BCUT2D eigenvalue weighted by molar-refractivity contribution is 5.76. The predicted molar refractivity (Wildman–Crippen MR) is 42.1 cm³/mol. The van der Waals surface area contributed by atoms with Crippen LogP contribution >= 0.6 is 0 Å². The van der Waals surface area contributed by atoms with Gasteiger partial charge >= 0.3 is 5.97 Å². The van der Waals surface area contributed by atoms with E-state index in [2.05, 4.69) is 4.74 Å². The summed E-state index contributed by atoms with van der Waals surface area (Å²) in [6.45, 7) is 3.61. The Kier molecular flexibility index (Phi) is 4.11. The third kappa shape index (κ3) is 1.93. The molecular formula is C8H16O3. The number of aliphatic hydroxyl groups is 1. The van der Waals surface area contributed by atoms with E-state index in [4.69, 9.17) is 5.11 Å². The van der Waals surface area contributed by atoms with Crippen LogP contribution in [0.3, 0.4) is 0 Å². The smallest absolute Gasteiger partial charge is 0.314 e. The molecule has 0 amide bonds. The van der Waals surface area contributed by atoms with Crippen LogP contribution < -0.4 is 0 Å². The Labute approximate surface area is 67.4 Å². The SMILES string of the molecule is CCC(CC)(CO)C(=O)OC. The Hall–Kier alpha value is -0.570. The molecule has 0 spiro atoms. The monoisotopic (exact) mass is 160 g/mol. The van der Waals surface area contributed by atoms with Gasteiger partial charge < -0.3 is 9.84 Å². The summed E-state index contributed by atoms with van der Waals surface area (Å²) >= 11 is 0. The molecule has 0 aliphatic carbocycles. The molecule has 0 aliphatic heterocycles. The Bertz CT molecular complexity index is 119. The molecule has 66 valence electrons. The number of aliphatic hydroxyl groups excluding tert-OH is 1. The maximum atomic E-state index is 11.1. The standard InChI is InChI=1S/C8H16O3/c1-4-8(5-2,6-9)7(10)11-3/h9H,4-6H2,1-3H3. The van der Waals surface area contributed by atoms with Crippen LogP contribution in [-0.2, 0) is 9.53 Å². The average Bonchev–Trinajstić information content (AvgIpc) is 2.08. The van der Waals surface area contributed by atoms with Gasteiger partial charge in [0.25, 0.3) is 0 Å². The topological polar surface area (TPSA) is 46.5 Å². The summed E-state index contributed by atoms with van der Waals surface area (Å²) in [4.78, 5) is 11.1. The first-order chi connectivity index (χ1) is 5.16. The molecule has 0 saturated carbocycles. The van der Waals surface area contributed by atoms with Crippen molar-refractivity contribution in [1.29, 1.82) is 0 Å². The number of hydrogen-bond donors (Lipinski definition) is 1. The van der Waals surface area contributed by atoms with E-state index >= 15 is 0 Å². The molecule has 3 heteroatoms. The minimum Gasteiger partial charge on any atom is -0.469 e. The summed E-state index contributed by atoms with van der Waals surface area (Å²) in [5.41, 5.74) is -0.672. The molecule has 0 unspecified atom stereocenters. The quantitative estimate of drug-likeness (QED) is 0.623. The third-order valence-corrected chi connectivity index (χ3v) is 2.27. The Morgan fingerprint density at radius 3 is 2.00 bits per heavy atom. The highest BCUT2D eigenvalue weighted by Crippen LogP contribution is 2.26. The molecule has 0 aromatic carbocycles. The van der Waals surface area contributed by atoms with E-state index in [1.165, 1.54) is 7.11 Å². The van der Waals surface area contributed by atoms with Gasteiger partial charge in [0.15, 0.2) is 0 Å². The molecule has 0 aromatic heterocycles. The zero-order valence-corrected chi connectivity index (χ0v) is 7.39. The zero-order chi connectivity index (χ0) is 8.91. The molecule has 0 atom stereocenters. The van der Waals surface area contributed by atoms with E-state index < -0.39 is 5.41 Å². The van der Waals surface area contributed by atoms with Crippen LogP contribution in [0.2, 0.25) is 0 Å². The lowest BCUT2D eigenvalue weighted by molar-refractivity contribution is -0.156. The molecule has 0 radical (unpaired) electrons. The van der Waals surface area contributed by atoms with Gasteiger partial charge in [-0.05, 0) is 12.8 Å². The lowest BCUT2D eigenvalue weighted by Gasteiger charge is -2.25. The van der Waals surface area contributed by atoms with Crippen molar-refractivity contribution in [2.75, 3.05) is 13.7 Å². The largest absolute Gasteiger partial charge is 0.469 e. The number of carbonyl (C=O) groups is 1. The maximum Gasteiger partial charge on any atom is 0.314 e. The Morgan fingerprint density at radius 2 is 1.91 bits per heavy atom. The first-order valence-electron chi connectivity index (χ1n) is 3.86. The molecular weight excluding hydrogens is 144 g/mol. The second-order valence-corrected chi connectivity index (χ2v) is 2.64. The number of carbonyl (C=O) groups excluding carboxylic acids is 1. The third-order valence-electron chi connectivity index (χ3n) is 2.27. The van der Waals surface area contributed by atoms with Crippen molar-refractivity contribution in [3.05, 3.63) is 0 Å². The molecule has 0 aliphatic rings. The van der Waals surface area contributed by atoms with Crippen molar-refractivity contribution in [2.45, 2.75) is 26.7 Å². The average molecular weight is 160 g/mol. The van der Waals surface area contributed by atoms with E-state index in [0.717, 1.165) is 0 Å². The van der Waals surface area contributed by atoms with E-state index in [9.17, 15) is 4.79 Å². The van der Waals surface area contributed by atoms with Crippen molar-refractivity contribution in [3.63, 3.8) is 0 Å². The molecule has 1 N–H and O–H groups in total. The number of rotatable bonds is 4. The highest BCUT2D eigenvalue weighted by Gasteiger charge is 2.34. The van der Waals surface area contributed by atoms with Crippen molar-refractivity contribution in [3.8, 4) is 0 Å². The van der Waals surface area contributed by atoms with Crippen LogP contribution in [-0.4, -0.2) is 24.8 Å². The van der Waals surface area contributed by atoms with Crippen LogP contribution in [0.4, 0.5) is 0 Å². The fraction of sp³-hybridized carbons (Fsp3) is 0.875. The van der Waals surface area contributed by atoms with Crippen LogP contribution in [0, 0.1) is 5.41 Å². The second kappa shape index (κ2) is 4.34. The van der Waals surface area contributed by atoms with Crippen molar-refractivity contribution < 1.29 is 14.6 Å². The maximum absolute atomic E-state index is 11.1. The van der Waals surface area contributed by atoms with Gasteiger partial charge in [-0.25, -0.2) is 0 Å². The van der Waals surface area contributed by atoms with E-state index in [0.29, 0.717) is 12.8 Å². The molecule has 11 heavy (non-hydrogen) atoms. The minimum atomic E-state index is -0.672. The molecule has 0 bridgehead atoms. The summed E-state index contributed by atoms with van der Waals surface area (Å²) in [5, 5.41) is 8.98. The van der Waals surface area contributed by atoms with Crippen LogP contribution in [0.25, 0.3) is 0 Å². The lowest BCUT2D eigenvalue weighted by Crippen LogP contribution is -2.34. The van der Waals surface area contributed by atoms with Crippen LogP contribution in [0.15, 0.2) is 0 Å². The second-order valence-electron chi connectivity index (χ2n) is 2.64. The number of esters is 1. The van der Waals surface area contributed by atoms with E-state index in [1.54, 1.807) is 0 Å². The fourth-order valence-corrected chi connectivity index (χ4v) is 1.04. The highest BCUT2D eigenvalue weighted by atomic mass is 16.5. The summed E-state index contributed by atoms with van der Waals surface area (Å²) in [6.07, 6.45) is 1.24. The van der Waals surface area contributed by atoms with Gasteiger partial charge in [-0.3, -0.25) is 4.79 Å². The molecule has 0 fully saturated rings. The van der Waals surface area contributed by atoms with Gasteiger partial charge in [-0.15, -0.1) is 0 Å². The lowest BCUT2D eigenvalue weighted by atomic mass is 9.83. The Morgan fingerprint density at radius 1 is 1.45 bits per heavy atom. The van der Waals surface area contributed by atoms with Gasteiger partial charge in [0.2, 0.25) is 0 Å². The predicted octanol–water partition coefficient (Wildman–Crippen LogP) is 0.958. The summed E-state index contributed by atoms with van der Waals surface area (Å²) in [6, 6.07) is 0. The fourth-order valence-electron chi connectivity index (χ4n) is 1.04. The van der Waals surface area contributed by atoms with Gasteiger partial charge in [0, 0.05) is 0 Å². The van der Waals surface area contributed by atoms with Crippen molar-refractivity contribution in [1.82, 2.24) is 0 Å². The van der Waals surface area contributed by atoms with Gasteiger partial charge in [-0.1, -0.05) is 13.8 Å². The van der Waals surface area contributed by atoms with E-state index in [1.807, 2.05) is 13.8 Å². The normalized spacial score (nSPS) is 11.3. The van der Waals surface area contributed by atoms with Gasteiger partial charge in [-0.2, -0.15) is 0 Å².